The van der Waals surface area contributed by atoms with Crippen LogP contribution in [0.4, 0.5) is 5.82 Å². The van der Waals surface area contributed by atoms with Crippen molar-refractivity contribution in [2.24, 2.45) is 5.73 Å². The van der Waals surface area contributed by atoms with Crippen molar-refractivity contribution >= 4 is 21.7 Å². The van der Waals surface area contributed by atoms with Crippen molar-refractivity contribution in [3.05, 3.63) is 18.1 Å². The minimum atomic E-state index is -3.64. The van der Waals surface area contributed by atoms with Crippen LogP contribution in [0.5, 0.6) is 0 Å². The number of nitrogens with two attached hydrogens (primary N) is 1. The fourth-order valence-electron chi connectivity index (χ4n) is 0.839. The van der Waals surface area contributed by atoms with Gasteiger partial charge in [-0.05, 0) is 0 Å². The highest BCUT2D eigenvalue weighted by Gasteiger charge is 2.11. The molecule has 0 spiro atoms. The Kier molecular flexibility index (Phi) is 3.74. The van der Waals surface area contributed by atoms with Gasteiger partial charge in [0, 0.05) is 0 Å². The van der Waals surface area contributed by atoms with Crippen molar-refractivity contribution in [2.45, 2.75) is 0 Å². The molecule has 0 bridgehead atoms. The van der Waals surface area contributed by atoms with Crippen LogP contribution in [0.25, 0.3) is 0 Å². The number of sulfonamides is 1. The molecule has 8 nitrogen and oxygen atoms in total. The standard InChI is InChI=1S/C7H10N4O4S/c8-7(13)5-3-10-6(4-9-5)11-16(14,15)2-1-12/h3-4,12H,1-2H2,(H2,8,13)(H,10,11). The molecule has 4 N–H and O–H groups in total. The summed E-state index contributed by atoms with van der Waals surface area (Å²) in [5.74, 6) is -1.23. The third kappa shape index (κ3) is 3.44. The van der Waals surface area contributed by atoms with Crippen molar-refractivity contribution in [2.75, 3.05) is 17.1 Å². The van der Waals surface area contributed by atoms with E-state index in [2.05, 4.69) is 14.7 Å². The SMILES string of the molecule is NC(=O)c1cnc(NS(=O)(=O)CCO)cn1. The molecule has 0 aliphatic carbocycles. The van der Waals surface area contributed by atoms with Gasteiger partial charge in [-0.1, -0.05) is 0 Å². The first kappa shape index (κ1) is 12.3. The Morgan fingerprint density at radius 3 is 2.56 bits per heavy atom. The van der Waals surface area contributed by atoms with E-state index >= 15 is 0 Å². The molecule has 9 heteroatoms. The lowest BCUT2D eigenvalue weighted by Gasteiger charge is -2.04. The number of carbonyl (C=O) groups is 1. The fourth-order valence-corrected chi connectivity index (χ4v) is 1.60. The molecule has 0 saturated carbocycles. The number of nitrogens with one attached hydrogen (secondary N) is 1. The monoisotopic (exact) mass is 246 g/mol. The van der Waals surface area contributed by atoms with Crippen LogP contribution in [-0.4, -0.2) is 41.8 Å². The molecule has 0 aliphatic rings. The van der Waals surface area contributed by atoms with E-state index in [1.807, 2.05) is 0 Å². The van der Waals surface area contributed by atoms with Crippen LogP contribution in [0.1, 0.15) is 10.5 Å². The Balaban J connectivity index is 2.80. The number of aliphatic hydroxyl groups is 1. The molecule has 0 radical (unpaired) electrons. The highest BCUT2D eigenvalue weighted by atomic mass is 32.2. The van der Waals surface area contributed by atoms with Crippen LogP contribution in [0.2, 0.25) is 0 Å². The highest BCUT2D eigenvalue weighted by molar-refractivity contribution is 7.92. The third-order valence-corrected chi connectivity index (χ3v) is 2.76. The maximum Gasteiger partial charge on any atom is 0.268 e. The first-order valence-corrected chi connectivity index (χ1v) is 5.83. The Hall–Kier alpha value is -1.74. The summed E-state index contributed by atoms with van der Waals surface area (Å²) in [6, 6.07) is 0. The molecule has 1 rings (SSSR count). The van der Waals surface area contributed by atoms with E-state index in [1.54, 1.807) is 0 Å². The number of rotatable bonds is 5. The zero-order chi connectivity index (χ0) is 12.2. The van der Waals surface area contributed by atoms with Gasteiger partial charge in [-0.15, -0.1) is 0 Å². The van der Waals surface area contributed by atoms with Crippen LogP contribution < -0.4 is 10.5 Å². The van der Waals surface area contributed by atoms with Crippen LogP contribution in [0, 0.1) is 0 Å². The molecular formula is C7H10N4O4S. The van der Waals surface area contributed by atoms with Crippen LogP contribution in [0.3, 0.4) is 0 Å². The van der Waals surface area contributed by atoms with Gasteiger partial charge < -0.3 is 10.8 Å². The van der Waals surface area contributed by atoms with E-state index < -0.39 is 28.3 Å². The van der Waals surface area contributed by atoms with Gasteiger partial charge in [-0.2, -0.15) is 0 Å². The number of aromatic nitrogens is 2. The van der Waals surface area contributed by atoms with E-state index in [0.717, 1.165) is 12.4 Å². The summed E-state index contributed by atoms with van der Waals surface area (Å²) in [5, 5.41) is 8.48. The fraction of sp³-hybridized carbons (Fsp3) is 0.286. The summed E-state index contributed by atoms with van der Waals surface area (Å²) in [4.78, 5) is 17.9. The van der Waals surface area contributed by atoms with Crippen LogP contribution >= 0.6 is 0 Å². The third-order valence-electron chi connectivity index (χ3n) is 1.52. The normalized spacial score (nSPS) is 11.1. The second kappa shape index (κ2) is 4.86. The Bertz CT molecular complexity index is 470. The number of hydrogen-bond acceptors (Lipinski definition) is 6. The van der Waals surface area contributed by atoms with Gasteiger partial charge in [0.2, 0.25) is 10.0 Å². The second-order valence-corrected chi connectivity index (χ2v) is 4.64. The summed E-state index contributed by atoms with van der Waals surface area (Å²) in [5.41, 5.74) is 4.86. The van der Waals surface area contributed by atoms with Gasteiger partial charge in [0.05, 0.1) is 24.8 Å². The lowest BCUT2D eigenvalue weighted by atomic mass is 10.4. The van der Waals surface area contributed by atoms with Crippen molar-refractivity contribution in [1.82, 2.24) is 9.97 Å². The lowest BCUT2D eigenvalue weighted by Crippen LogP contribution is -2.20. The van der Waals surface area contributed by atoms with Crippen LogP contribution in [-0.2, 0) is 10.0 Å². The van der Waals surface area contributed by atoms with Crippen molar-refractivity contribution in [3.8, 4) is 0 Å². The minimum Gasteiger partial charge on any atom is -0.395 e. The van der Waals surface area contributed by atoms with Gasteiger partial charge in [-0.3, -0.25) is 9.52 Å². The smallest absolute Gasteiger partial charge is 0.268 e. The maximum atomic E-state index is 11.2. The number of carbonyl (C=O) groups excluding carboxylic acids is 1. The molecule has 1 amide bonds. The van der Waals surface area contributed by atoms with E-state index in [4.69, 9.17) is 10.8 Å². The molecule has 16 heavy (non-hydrogen) atoms. The molecule has 0 aromatic carbocycles. The zero-order valence-electron chi connectivity index (χ0n) is 8.12. The van der Waals surface area contributed by atoms with E-state index in [9.17, 15) is 13.2 Å². The summed E-state index contributed by atoms with van der Waals surface area (Å²) in [6.45, 7) is -0.498. The number of hydrogen-bond donors (Lipinski definition) is 3. The summed E-state index contributed by atoms with van der Waals surface area (Å²) in [7, 11) is -3.64. The molecule has 1 heterocycles. The van der Waals surface area contributed by atoms with E-state index in [-0.39, 0.29) is 11.5 Å². The molecule has 0 aliphatic heterocycles. The maximum absolute atomic E-state index is 11.2. The molecule has 0 saturated heterocycles. The van der Waals surface area contributed by atoms with Gasteiger partial charge >= 0.3 is 0 Å². The summed E-state index contributed by atoms with van der Waals surface area (Å²) >= 11 is 0. The second-order valence-electron chi connectivity index (χ2n) is 2.80. The van der Waals surface area contributed by atoms with Gasteiger partial charge in [0.1, 0.15) is 5.69 Å². The predicted molar refractivity (Wildman–Crippen MR) is 55.0 cm³/mol. The van der Waals surface area contributed by atoms with E-state index in [1.165, 1.54) is 0 Å². The van der Waals surface area contributed by atoms with Crippen molar-refractivity contribution in [3.63, 3.8) is 0 Å². The molecule has 1 aromatic heterocycles. The Morgan fingerprint density at radius 1 is 1.44 bits per heavy atom. The molecule has 0 atom stereocenters. The quantitative estimate of drug-likeness (QED) is 0.567. The largest absolute Gasteiger partial charge is 0.395 e. The average Bonchev–Trinajstić information content (AvgIpc) is 2.17. The van der Waals surface area contributed by atoms with Gasteiger partial charge in [0.15, 0.2) is 5.82 Å². The molecule has 1 aromatic rings. The molecule has 0 unspecified atom stereocenters. The summed E-state index contributed by atoms with van der Waals surface area (Å²) < 4.78 is 24.4. The number of amides is 1. The summed E-state index contributed by atoms with van der Waals surface area (Å²) in [6.07, 6.45) is 2.12. The van der Waals surface area contributed by atoms with Gasteiger partial charge in [-0.25, -0.2) is 18.4 Å². The molecular weight excluding hydrogens is 236 g/mol. The highest BCUT2D eigenvalue weighted by Crippen LogP contribution is 2.03. The van der Waals surface area contributed by atoms with Crippen molar-refractivity contribution < 1.29 is 18.3 Å². The minimum absolute atomic E-state index is 0.0431. The van der Waals surface area contributed by atoms with Gasteiger partial charge in [0.25, 0.3) is 5.91 Å². The first-order chi connectivity index (χ1) is 7.44. The predicted octanol–water partition coefficient (Wildman–Crippen LogP) is -1.69. The van der Waals surface area contributed by atoms with Crippen LogP contribution in [0.15, 0.2) is 12.4 Å². The molecule has 88 valence electrons. The first-order valence-electron chi connectivity index (χ1n) is 4.18. The molecule has 0 fully saturated rings. The Labute approximate surface area is 91.6 Å². The topological polar surface area (TPSA) is 135 Å². The number of aliphatic hydroxyl groups excluding tert-OH is 1. The Morgan fingerprint density at radius 2 is 2.12 bits per heavy atom. The zero-order valence-corrected chi connectivity index (χ0v) is 8.94. The average molecular weight is 246 g/mol. The van der Waals surface area contributed by atoms with Crippen molar-refractivity contribution in [1.29, 1.82) is 0 Å². The van der Waals surface area contributed by atoms with E-state index in [0.29, 0.717) is 0 Å². The number of anilines is 1. The number of nitrogens with zero attached hydrogens (tertiary/aromatic N) is 2. The lowest BCUT2D eigenvalue weighted by molar-refractivity contribution is 0.0995. The number of primary amides is 1.